The van der Waals surface area contributed by atoms with Gasteiger partial charge in [0.1, 0.15) is 6.26 Å². The Morgan fingerprint density at radius 3 is 2.93 bits per heavy atom. The molecule has 1 aromatic carbocycles. The van der Waals surface area contributed by atoms with Crippen LogP contribution in [0, 0.1) is 0 Å². The van der Waals surface area contributed by atoms with E-state index in [-0.39, 0.29) is 11.1 Å². The van der Waals surface area contributed by atoms with Crippen LogP contribution in [0.1, 0.15) is 16.1 Å². The molecule has 4 rings (SSSR count). The van der Waals surface area contributed by atoms with Crippen molar-refractivity contribution in [2.45, 2.75) is 11.6 Å². The molecule has 1 atom stereocenters. The second-order valence-electron chi connectivity index (χ2n) is 6.36. The molecular formula is C19H18ClN5O3S. The summed E-state index contributed by atoms with van der Waals surface area (Å²) in [6, 6.07) is 7.02. The molecule has 10 heteroatoms. The standard InChI is InChI=1S/C19H18ClN5O3S/c1-28-17-10(20)4-3-5-13(17)24-16-14-11(6-8-21-18(14)26)23-15(16)12-7-9-22-19(25-12)29(2)27/h3-5,7,9,23-24H,6,8H2,1-2H3,(H,21,26). The lowest BCUT2D eigenvalue weighted by Gasteiger charge is -2.16. The van der Waals surface area contributed by atoms with Gasteiger partial charge in [0, 0.05) is 36.0 Å². The second-order valence-corrected chi connectivity index (χ2v) is 8.04. The Kier molecular flexibility index (Phi) is 5.35. The number of anilines is 2. The van der Waals surface area contributed by atoms with E-state index in [9.17, 15) is 9.35 Å². The first-order valence-corrected chi connectivity index (χ1v) is 10.7. The number of ether oxygens (including phenoxy) is 1. The minimum Gasteiger partial charge on any atom is -0.609 e. The Morgan fingerprint density at radius 1 is 1.34 bits per heavy atom. The molecule has 3 aromatic rings. The number of nitrogens with zero attached hydrogens (tertiary/aromatic N) is 2. The van der Waals surface area contributed by atoms with E-state index < -0.39 is 11.2 Å². The number of rotatable bonds is 5. The van der Waals surface area contributed by atoms with E-state index in [1.54, 1.807) is 30.5 Å². The van der Waals surface area contributed by atoms with Gasteiger partial charge >= 0.3 is 5.16 Å². The van der Waals surface area contributed by atoms with Crippen LogP contribution < -0.4 is 15.4 Å². The van der Waals surface area contributed by atoms with Gasteiger partial charge in [-0.05, 0) is 18.2 Å². The normalized spacial score (nSPS) is 14.1. The van der Waals surface area contributed by atoms with Crippen molar-refractivity contribution < 1.29 is 14.1 Å². The number of nitrogens with one attached hydrogen (secondary N) is 3. The van der Waals surface area contributed by atoms with Crippen molar-refractivity contribution in [1.82, 2.24) is 20.3 Å². The fraction of sp³-hybridized carbons (Fsp3) is 0.211. The summed E-state index contributed by atoms with van der Waals surface area (Å²) >= 11 is 4.91. The number of hydrogen-bond donors (Lipinski definition) is 3. The number of carbonyl (C=O) groups excluding carboxylic acids is 1. The molecule has 1 aliphatic heterocycles. The molecule has 0 saturated carbocycles. The highest BCUT2D eigenvalue weighted by molar-refractivity contribution is 7.90. The third-order valence-corrected chi connectivity index (χ3v) is 5.55. The van der Waals surface area contributed by atoms with E-state index in [1.165, 1.54) is 13.4 Å². The van der Waals surface area contributed by atoms with Gasteiger partial charge in [0.15, 0.2) is 5.75 Å². The number of halogens is 1. The van der Waals surface area contributed by atoms with Crippen LogP contribution in [0.25, 0.3) is 11.4 Å². The third kappa shape index (κ3) is 3.64. The number of carbonyl (C=O) groups is 1. The smallest absolute Gasteiger partial charge is 0.343 e. The van der Waals surface area contributed by atoms with Crippen LogP contribution in [0.2, 0.25) is 5.02 Å². The lowest BCUT2D eigenvalue weighted by atomic mass is 10.1. The number of amides is 1. The van der Waals surface area contributed by atoms with Gasteiger partial charge < -0.3 is 24.9 Å². The van der Waals surface area contributed by atoms with Crippen molar-refractivity contribution in [1.29, 1.82) is 0 Å². The van der Waals surface area contributed by atoms with Crippen molar-refractivity contribution in [3.05, 3.63) is 46.7 Å². The molecule has 150 valence electrons. The largest absolute Gasteiger partial charge is 0.609 e. The minimum absolute atomic E-state index is 0.189. The Morgan fingerprint density at radius 2 is 2.17 bits per heavy atom. The summed E-state index contributed by atoms with van der Waals surface area (Å²) in [5.74, 6) is 0.273. The van der Waals surface area contributed by atoms with Crippen LogP contribution in [0.4, 0.5) is 11.4 Å². The predicted octanol–water partition coefficient (Wildman–Crippen LogP) is 2.90. The number of aromatic nitrogens is 3. The Balaban J connectivity index is 1.89. The highest BCUT2D eigenvalue weighted by atomic mass is 35.5. The van der Waals surface area contributed by atoms with Gasteiger partial charge in [-0.25, -0.2) is 0 Å². The molecule has 0 fully saturated rings. The van der Waals surface area contributed by atoms with Crippen LogP contribution in [-0.2, 0) is 17.6 Å². The Hall–Kier alpha value is -2.75. The van der Waals surface area contributed by atoms with E-state index in [0.29, 0.717) is 52.1 Å². The highest BCUT2D eigenvalue weighted by Gasteiger charge is 2.28. The molecule has 0 spiro atoms. The maximum Gasteiger partial charge on any atom is 0.343 e. The molecule has 1 amide bonds. The van der Waals surface area contributed by atoms with Crippen molar-refractivity contribution in [2.75, 3.05) is 25.2 Å². The predicted molar refractivity (Wildman–Crippen MR) is 111 cm³/mol. The monoisotopic (exact) mass is 431 g/mol. The molecule has 0 radical (unpaired) electrons. The van der Waals surface area contributed by atoms with Gasteiger partial charge in [-0.1, -0.05) is 17.7 Å². The number of fused-ring (bicyclic) bond motifs is 1. The first-order valence-electron chi connectivity index (χ1n) is 8.79. The molecule has 1 aliphatic rings. The van der Waals surface area contributed by atoms with Crippen molar-refractivity contribution in [2.24, 2.45) is 0 Å². The zero-order valence-corrected chi connectivity index (χ0v) is 17.3. The SMILES string of the molecule is COc1c(Cl)cccc1Nc1c(-c2ccnc([S+](C)[O-])n2)[nH]c2c1C(=O)NCC2. The zero-order chi connectivity index (χ0) is 20.5. The molecule has 8 nitrogen and oxygen atoms in total. The lowest BCUT2D eigenvalue weighted by molar-refractivity contribution is 0.0947. The number of benzene rings is 1. The van der Waals surface area contributed by atoms with Crippen LogP contribution >= 0.6 is 11.6 Å². The molecule has 3 heterocycles. The zero-order valence-electron chi connectivity index (χ0n) is 15.7. The van der Waals surface area contributed by atoms with Gasteiger partial charge in [-0.3, -0.25) is 4.79 Å². The number of para-hydroxylation sites is 1. The highest BCUT2D eigenvalue weighted by Crippen LogP contribution is 2.40. The van der Waals surface area contributed by atoms with Crippen LogP contribution in [0.3, 0.4) is 0 Å². The third-order valence-electron chi connectivity index (χ3n) is 4.54. The van der Waals surface area contributed by atoms with Crippen molar-refractivity contribution in [3.63, 3.8) is 0 Å². The summed E-state index contributed by atoms with van der Waals surface area (Å²) in [5.41, 5.74) is 3.58. The van der Waals surface area contributed by atoms with E-state index in [2.05, 4.69) is 25.6 Å². The Bertz CT molecular complexity index is 1090. The fourth-order valence-electron chi connectivity index (χ4n) is 3.26. The molecule has 0 bridgehead atoms. The number of methoxy groups -OCH3 is 1. The van der Waals surface area contributed by atoms with E-state index in [1.807, 2.05) is 0 Å². The molecule has 29 heavy (non-hydrogen) atoms. The quantitative estimate of drug-likeness (QED) is 0.422. The van der Waals surface area contributed by atoms with Crippen LogP contribution in [0.5, 0.6) is 5.75 Å². The molecule has 1 unspecified atom stereocenters. The minimum atomic E-state index is -1.34. The van der Waals surface area contributed by atoms with E-state index in [0.717, 1.165) is 5.69 Å². The molecular weight excluding hydrogens is 414 g/mol. The number of H-pyrrole nitrogens is 1. The summed E-state index contributed by atoms with van der Waals surface area (Å²) < 4.78 is 17.3. The topological polar surface area (TPSA) is 115 Å². The maximum absolute atomic E-state index is 12.6. The number of hydrogen-bond acceptors (Lipinski definition) is 6. The molecule has 3 N–H and O–H groups in total. The van der Waals surface area contributed by atoms with Gasteiger partial charge in [0.2, 0.25) is 0 Å². The maximum atomic E-state index is 12.6. The van der Waals surface area contributed by atoms with Gasteiger partial charge in [0.05, 0.1) is 40.5 Å². The summed E-state index contributed by atoms with van der Waals surface area (Å²) in [6.45, 7) is 0.541. The summed E-state index contributed by atoms with van der Waals surface area (Å²) in [5, 5.41) is 6.80. The van der Waals surface area contributed by atoms with E-state index >= 15 is 0 Å². The van der Waals surface area contributed by atoms with Gasteiger partial charge in [-0.15, -0.1) is 0 Å². The molecule has 0 saturated heterocycles. The first-order chi connectivity index (χ1) is 14.0. The molecule has 0 aliphatic carbocycles. The number of aromatic amines is 1. The van der Waals surface area contributed by atoms with Gasteiger partial charge in [0.25, 0.3) is 5.91 Å². The summed E-state index contributed by atoms with van der Waals surface area (Å²) in [4.78, 5) is 24.4. The van der Waals surface area contributed by atoms with Crippen molar-refractivity contribution in [3.8, 4) is 17.1 Å². The Labute approximate surface area is 175 Å². The molecule has 2 aromatic heterocycles. The lowest BCUT2D eigenvalue weighted by Crippen LogP contribution is -2.31. The second kappa shape index (κ2) is 7.94. The summed E-state index contributed by atoms with van der Waals surface area (Å²) in [7, 11) is 1.53. The fourth-order valence-corrected chi connectivity index (χ4v) is 3.95. The van der Waals surface area contributed by atoms with Crippen molar-refractivity contribution >= 4 is 40.1 Å². The van der Waals surface area contributed by atoms with Crippen LogP contribution in [-0.4, -0.2) is 45.3 Å². The van der Waals surface area contributed by atoms with E-state index in [4.69, 9.17) is 16.3 Å². The van der Waals surface area contributed by atoms with Crippen LogP contribution in [0.15, 0.2) is 35.6 Å². The first kappa shape index (κ1) is 19.6. The average molecular weight is 432 g/mol. The average Bonchev–Trinajstić information content (AvgIpc) is 3.08. The van der Waals surface area contributed by atoms with Gasteiger partial charge in [-0.2, -0.15) is 9.97 Å². The summed E-state index contributed by atoms with van der Waals surface area (Å²) in [6.07, 6.45) is 3.71.